The van der Waals surface area contributed by atoms with Gasteiger partial charge in [-0.2, -0.15) is 10.5 Å². The Hall–Kier alpha value is -2.39. The number of allylic oxidation sites excluding steroid dienone is 1. The van der Waals surface area contributed by atoms with Crippen LogP contribution in [0.2, 0.25) is 0 Å². The van der Waals surface area contributed by atoms with E-state index in [1.165, 1.54) is 0 Å². The van der Waals surface area contributed by atoms with E-state index in [-0.39, 0.29) is 12.2 Å². The lowest BCUT2D eigenvalue weighted by Gasteiger charge is -1.97. The Balaban J connectivity index is 2.73. The smallest absolute Gasteiger partial charge is 0.176 e. The Morgan fingerprint density at radius 3 is 2.44 bits per heavy atom. The number of benzene rings is 1. The van der Waals surface area contributed by atoms with Gasteiger partial charge in [-0.05, 0) is 5.56 Å². The van der Waals surface area contributed by atoms with E-state index in [1.54, 1.807) is 30.3 Å². The minimum atomic E-state index is -0.171. The highest BCUT2D eigenvalue weighted by molar-refractivity contribution is 5.97. The number of ketones is 1. The molecule has 0 atom stereocenters. The molecule has 0 spiro atoms. The number of Topliss-reactive ketones (excluding diaryl/α,β-unsaturated/α-hetero) is 1. The summed E-state index contributed by atoms with van der Waals surface area (Å²) in [5.74, 6) is -0.171. The van der Waals surface area contributed by atoms with Crippen molar-refractivity contribution in [1.29, 1.82) is 10.5 Å². The molecule has 78 valence electrons. The number of hydrogen-bond acceptors (Lipinski definition) is 3. The van der Waals surface area contributed by atoms with Crippen LogP contribution in [0.25, 0.3) is 6.08 Å². The Bertz CT molecular complexity index is 472. The highest BCUT2D eigenvalue weighted by Gasteiger charge is 2.03. The average Bonchev–Trinajstić information content (AvgIpc) is 2.30. The predicted octanol–water partition coefficient (Wildman–Crippen LogP) is 2.71. The first-order chi connectivity index (χ1) is 7.77. The van der Waals surface area contributed by atoms with Crippen molar-refractivity contribution < 1.29 is 4.79 Å². The topological polar surface area (TPSA) is 64.7 Å². The lowest BCUT2D eigenvalue weighted by atomic mass is 10.1. The molecule has 16 heavy (non-hydrogen) atoms. The molecule has 0 radical (unpaired) electrons. The van der Waals surface area contributed by atoms with Crippen LogP contribution in [0.5, 0.6) is 0 Å². The summed E-state index contributed by atoms with van der Waals surface area (Å²) in [4.78, 5) is 11.3. The molecule has 0 heterocycles. The summed E-state index contributed by atoms with van der Waals surface area (Å²) in [7, 11) is 0. The molecule has 0 aliphatic rings. The van der Waals surface area contributed by atoms with E-state index in [0.29, 0.717) is 12.0 Å². The van der Waals surface area contributed by atoms with Crippen molar-refractivity contribution in [1.82, 2.24) is 0 Å². The maximum atomic E-state index is 11.3. The molecular weight excluding hydrogens is 200 g/mol. The van der Waals surface area contributed by atoms with Crippen LogP contribution in [0.4, 0.5) is 0 Å². The molecule has 0 aliphatic heterocycles. The summed E-state index contributed by atoms with van der Waals surface area (Å²) in [6, 6.07) is 10.8. The quantitative estimate of drug-likeness (QED) is 0.717. The van der Waals surface area contributed by atoms with E-state index in [9.17, 15) is 4.79 Å². The second-order valence-corrected chi connectivity index (χ2v) is 3.14. The number of hydrogen-bond donors (Lipinski definition) is 0. The van der Waals surface area contributed by atoms with Crippen LogP contribution in [-0.4, -0.2) is 5.78 Å². The lowest BCUT2D eigenvalue weighted by molar-refractivity contribution is 0.0997. The monoisotopic (exact) mass is 210 g/mol. The van der Waals surface area contributed by atoms with Crippen molar-refractivity contribution in [2.24, 2.45) is 0 Å². The Kier molecular flexibility index (Phi) is 4.50. The van der Waals surface area contributed by atoms with Gasteiger partial charge >= 0.3 is 0 Å². The third-order valence-corrected chi connectivity index (χ3v) is 1.99. The molecule has 1 aromatic carbocycles. The fraction of sp³-hybridized carbons (Fsp3) is 0.154. The van der Waals surface area contributed by atoms with Crippen LogP contribution < -0.4 is 0 Å². The average molecular weight is 210 g/mol. The summed E-state index contributed by atoms with van der Waals surface area (Å²) in [5, 5.41) is 16.7. The minimum absolute atomic E-state index is 0.0936. The van der Waals surface area contributed by atoms with Gasteiger partial charge in [-0.15, -0.1) is 0 Å². The number of nitrogens with zero attached hydrogens (tertiary/aromatic N) is 2. The zero-order valence-corrected chi connectivity index (χ0v) is 8.68. The molecule has 0 bridgehead atoms. The Morgan fingerprint density at radius 1 is 1.19 bits per heavy atom. The normalized spacial score (nSPS) is 9.62. The molecule has 3 heteroatoms. The zero-order chi connectivity index (χ0) is 11.8. The fourth-order valence-corrected chi connectivity index (χ4v) is 1.20. The van der Waals surface area contributed by atoms with Gasteiger partial charge in [0.05, 0.1) is 25.0 Å². The molecule has 3 nitrogen and oxygen atoms in total. The lowest BCUT2D eigenvalue weighted by Crippen LogP contribution is -1.96. The van der Waals surface area contributed by atoms with Crippen molar-refractivity contribution in [2.45, 2.75) is 12.8 Å². The first-order valence-electron chi connectivity index (χ1n) is 4.81. The van der Waals surface area contributed by atoms with Gasteiger partial charge in [-0.25, -0.2) is 0 Å². The number of carbonyl (C=O) groups is 1. The number of nitriles is 2. The summed E-state index contributed by atoms with van der Waals surface area (Å²) in [6.45, 7) is 0. The molecule has 0 unspecified atom stereocenters. The minimum Gasteiger partial charge on any atom is -0.293 e. The maximum Gasteiger partial charge on any atom is 0.176 e. The molecule has 0 saturated heterocycles. The second-order valence-electron chi connectivity index (χ2n) is 3.14. The van der Waals surface area contributed by atoms with Gasteiger partial charge in [0, 0.05) is 5.56 Å². The first-order valence-corrected chi connectivity index (χ1v) is 4.81. The maximum absolute atomic E-state index is 11.3. The van der Waals surface area contributed by atoms with Crippen molar-refractivity contribution in [3.05, 3.63) is 41.5 Å². The van der Waals surface area contributed by atoms with Crippen LogP contribution in [0.15, 0.2) is 30.3 Å². The van der Waals surface area contributed by atoms with E-state index in [4.69, 9.17) is 10.5 Å². The molecule has 0 aromatic heterocycles. The summed E-state index contributed by atoms with van der Waals surface area (Å²) >= 11 is 0. The highest BCUT2D eigenvalue weighted by Crippen LogP contribution is 2.08. The van der Waals surface area contributed by atoms with Crippen LogP contribution in [0, 0.1) is 22.7 Å². The molecule has 0 amide bonds. The van der Waals surface area contributed by atoms with Gasteiger partial charge < -0.3 is 0 Å². The van der Waals surface area contributed by atoms with Crippen molar-refractivity contribution in [3.63, 3.8) is 0 Å². The van der Waals surface area contributed by atoms with E-state index in [0.717, 1.165) is 5.56 Å². The van der Waals surface area contributed by atoms with Gasteiger partial charge in [0.25, 0.3) is 0 Å². The molecule has 1 aromatic rings. The molecule has 1 rings (SSSR count). The largest absolute Gasteiger partial charge is 0.293 e. The fourth-order valence-electron chi connectivity index (χ4n) is 1.20. The number of rotatable bonds is 4. The van der Waals surface area contributed by atoms with Crippen LogP contribution in [0.3, 0.4) is 0 Å². The first kappa shape index (κ1) is 11.7. The van der Waals surface area contributed by atoms with E-state index < -0.39 is 0 Å². The van der Waals surface area contributed by atoms with E-state index in [2.05, 4.69) is 0 Å². The zero-order valence-electron chi connectivity index (χ0n) is 8.68. The highest BCUT2D eigenvalue weighted by atomic mass is 16.1. The van der Waals surface area contributed by atoms with Gasteiger partial charge in [0.2, 0.25) is 0 Å². The van der Waals surface area contributed by atoms with Gasteiger partial charge in [0.15, 0.2) is 5.78 Å². The molecular formula is C13H10N2O. The summed E-state index contributed by atoms with van der Waals surface area (Å²) in [5.41, 5.74) is 1.47. The SMILES string of the molecule is N#CCC=Cc1ccc(C(=O)CC#N)cc1. The Morgan fingerprint density at radius 2 is 1.88 bits per heavy atom. The molecule has 0 N–H and O–H groups in total. The standard InChI is InChI=1S/C13H10N2O/c14-9-2-1-3-11-4-6-12(7-5-11)13(16)8-10-15/h1,3-7H,2,8H2. The van der Waals surface area contributed by atoms with Gasteiger partial charge in [0.1, 0.15) is 0 Å². The predicted molar refractivity (Wildman–Crippen MR) is 60.3 cm³/mol. The van der Waals surface area contributed by atoms with Crippen LogP contribution in [0.1, 0.15) is 28.8 Å². The molecule has 0 saturated carbocycles. The van der Waals surface area contributed by atoms with Crippen molar-refractivity contribution in [2.75, 3.05) is 0 Å². The van der Waals surface area contributed by atoms with Crippen molar-refractivity contribution in [3.8, 4) is 12.1 Å². The van der Waals surface area contributed by atoms with Gasteiger partial charge in [-0.1, -0.05) is 36.4 Å². The third kappa shape index (κ3) is 3.40. The van der Waals surface area contributed by atoms with Crippen LogP contribution in [-0.2, 0) is 0 Å². The summed E-state index contributed by atoms with van der Waals surface area (Å²) in [6.07, 6.45) is 3.85. The third-order valence-electron chi connectivity index (χ3n) is 1.99. The molecule has 0 aliphatic carbocycles. The van der Waals surface area contributed by atoms with Crippen molar-refractivity contribution >= 4 is 11.9 Å². The van der Waals surface area contributed by atoms with E-state index in [1.807, 2.05) is 18.2 Å². The summed E-state index contributed by atoms with van der Waals surface area (Å²) < 4.78 is 0. The van der Waals surface area contributed by atoms with Gasteiger partial charge in [-0.3, -0.25) is 4.79 Å². The molecule has 0 fully saturated rings. The number of carbonyl (C=O) groups excluding carboxylic acids is 1. The second kappa shape index (κ2) is 6.16. The Labute approximate surface area is 94.2 Å². The van der Waals surface area contributed by atoms with E-state index >= 15 is 0 Å². The van der Waals surface area contributed by atoms with Crippen LogP contribution >= 0.6 is 0 Å².